The molecule has 1 heterocycles. The number of aromatic nitrogens is 1. The topological polar surface area (TPSA) is 117 Å². The maximum atomic E-state index is 11.9. The van der Waals surface area contributed by atoms with E-state index in [2.05, 4.69) is 15.6 Å². The molecule has 2 aromatic rings. The first-order chi connectivity index (χ1) is 9.97. The number of phenolic OH excluding ortho intramolecular Hbond substituents is 1. The van der Waals surface area contributed by atoms with Gasteiger partial charge in [-0.15, -0.1) is 0 Å². The number of aryl methyl sites for hydroxylation is 1. The lowest BCUT2D eigenvalue weighted by molar-refractivity contribution is 0.1000. The highest BCUT2D eigenvalue weighted by Gasteiger charge is 2.10. The van der Waals surface area contributed by atoms with Crippen molar-refractivity contribution in [3.63, 3.8) is 0 Å². The maximum absolute atomic E-state index is 11.9. The Morgan fingerprint density at radius 2 is 2.00 bits per heavy atom. The van der Waals surface area contributed by atoms with Crippen LogP contribution in [0.5, 0.6) is 5.75 Å². The van der Waals surface area contributed by atoms with Gasteiger partial charge in [-0.2, -0.15) is 0 Å². The second-order valence-electron chi connectivity index (χ2n) is 4.34. The first-order valence-corrected chi connectivity index (χ1v) is 6.10. The number of phenols is 1. The molecule has 108 valence electrons. The molecule has 7 heteroatoms. The van der Waals surface area contributed by atoms with Gasteiger partial charge in [-0.05, 0) is 30.7 Å². The summed E-state index contributed by atoms with van der Waals surface area (Å²) in [6.07, 6.45) is 1.36. The van der Waals surface area contributed by atoms with Gasteiger partial charge in [0.2, 0.25) is 5.91 Å². The molecule has 0 aliphatic rings. The number of anilines is 2. The Morgan fingerprint density at radius 3 is 2.67 bits per heavy atom. The third-order valence-corrected chi connectivity index (χ3v) is 2.78. The normalized spacial score (nSPS) is 9.95. The average molecular weight is 286 g/mol. The Hall–Kier alpha value is -3.09. The van der Waals surface area contributed by atoms with Crippen molar-refractivity contribution in [3.05, 3.63) is 47.7 Å². The summed E-state index contributed by atoms with van der Waals surface area (Å²) in [5.41, 5.74) is 6.40. The van der Waals surface area contributed by atoms with Gasteiger partial charge in [0.15, 0.2) is 0 Å². The maximum Gasteiger partial charge on any atom is 0.324 e. The van der Waals surface area contributed by atoms with Crippen molar-refractivity contribution < 1.29 is 14.7 Å². The van der Waals surface area contributed by atoms with Crippen LogP contribution in [0.3, 0.4) is 0 Å². The van der Waals surface area contributed by atoms with Gasteiger partial charge < -0.3 is 16.2 Å². The van der Waals surface area contributed by atoms with E-state index in [-0.39, 0.29) is 17.1 Å². The number of primary amides is 1. The predicted octanol–water partition coefficient (Wildman–Crippen LogP) is 1.84. The van der Waals surface area contributed by atoms with Crippen molar-refractivity contribution in [2.75, 3.05) is 10.6 Å². The highest BCUT2D eigenvalue weighted by molar-refractivity contribution is 6.01. The quantitative estimate of drug-likeness (QED) is 0.644. The van der Waals surface area contributed by atoms with Crippen LogP contribution in [-0.2, 0) is 0 Å². The number of carbonyl (C=O) groups excluding carboxylic acids is 2. The molecule has 21 heavy (non-hydrogen) atoms. The molecular weight excluding hydrogens is 272 g/mol. The van der Waals surface area contributed by atoms with E-state index in [4.69, 9.17) is 5.73 Å². The monoisotopic (exact) mass is 286 g/mol. The van der Waals surface area contributed by atoms with E-state index in [1.807, 2.05) is 0 Å². The van der Waals surface area contributed by atoms with E-state index >= 15 is 0 Å². The SMILES string of the molecule is Cc1cccc(O)c1NC(=O)Nc1cc(C(N)=O)ccn1. The molecular formula is C14H14N4O3. The molecule has 2 rings (SSSR count). The predicted molar refractivity (Wildman–Crippen MR) is 78.2 cm³/mol. The number of para-hydroxylation sites is 1. The van der Waals surface area contributed by atoms with Crippen LogP contribution in [0, 0.1) is 6.92 Å². The third kappa shape index (κ3) is 3.47. The average Bonchev–Trinajstić information content (AvgIpc) is 2.43. The van der Waals surface area contributed by atoms with Crippen LogP contribution in [0.25, 0.3) is 0 Å². The van der Waals surface area contributed by atoms with Crippen molar-refractivity contribution >= 4 is 23.4 Å². The van der Waals surface area contributed by atoms with E-state index in [9.17, 15) is 14.7 Å². The van der Waals surface area contributed by atoms with Gasteiger partial charge in [-0.25, -0.2) is 9.78 Å². The first kappa shape index (κ1) is 14.3. The number of hydrogen-bond acceptors (Lipinski definition) is 4. The summed E-state index contributed by atoms with van der Waals surface area (Å²) in [4.78, 5) is 26.8. The third-order valence-electron chi connectivity index (χ3n) is 2.78. The van der Waals surface area contributed by atoms with Crippen LogP contribution < -0.4 is 16.4 Å². The Morgan fingerprint density at radius 1 is 1.24 bits per heavy atom. The molecule has 0 aliphatic heterocycles. The van der Waals surface area contributed by atoms with E-state index in [1.54, 1.807) is 19.1 Å². The molecule has 0 fully saturated rings. The number of rotatable bonds is 3. The van der Waals surface area contributed by atoms with Crippen LogP contribution >= 0.6 is 0 Å². The summed E-state index contributed by atoms with van der Waals surface area (Å²) in [6.45, 7) is 1.75. The van der Waals surface area contributed by atoms with Gasteiger partial charge >= 0.3 is 6.03 Å². The number of amides is 3. The highest BCUT2D eigenvalue weighted by atomic mass is 16.3. The summed E-state index contributed by atoms with van der Waals surface area (Å²) in [6, 6.07) is 7.11. The molecule has 1 aromatic carbocycles. The number of nitrogens with one attached hydrogen (secondary N) is 2. The van der Waals surface area contributed by atoms with Gasteiger partial charge in [0.25, 0.3) is 0 Å². The fourth-order valence-corrected chi connectivity index (χ4v) is 1.73. The molecule has 0 saturated heterocycles. The minimum atomic E-state index is -0.614. The largest absolute Gasteiger partial charge is 0.506 e. The second kappa shape index (κ2) is 5.91. The second-order valence-corrected chi connectivity index (χ2v) is 4.34. The van der Waals surface area contributed by atoms with Crippen molar-refractivity contribution in [2.24, 2.45) is 5.73 Å². The minimum absolute atomic E-state index is 0.0380. The molecule has 0 radical (unpaired) electrons. The number of benzene rings is 1. The van der Waals surface area contributed by atoms with Gasteiger partial charge in [-0.1, -0.05) is 12.1 Å². The molecule has 7 nitrogen and oxygen atoms in total. The lowest BCUT2D eigenvalue weighted by atomic mass is 10.2. The van der Waals surface area contributed by atoms with Crippen molar-refractivity contribution in [1.82, 2.24) is 4.98 Å². The zero-order valence-electron chi connectivity index (χ0n) is 11.3. The zero-order valence-corrected chi connectivity index (χ0v) is 11.3. The Balaban J connectivity index is 2.12. The number of nitrogens with two attached hydrogens (primary N) is 1. The fourth-order valence-electron chi connectivity index (χ4n) is 1.73. The minimum Gasteiger partial charge on any atom is -0.506 e. The summed E-state index contributed by atoms with van der Waals surface area (Å²) in [7, 11) is 0. The van der Waals surface area contributed by atoms with Gasteiger partial charge in [-0.3, -0.25) is 10.1 Å². The van der Waals surface area contributed by atoms with Crippen LogP contribution in [0.4, 0.5) is 16.3 Å². The van der Waals surface area contributed by atoms with Crippen LogP contribution in [0.15, 0.2) is 36.5 Å². The molecule has 0 spiro atoms. The number of carbonyl (C=O) groups is 2. The standard InChI is InChI=1S/C14H14N4O3/c1-8-3-2-4-10(19)12(8)18-14(21)17-11-7-9(13(15)20)5-6-16-11/h2-7,19H,1H3,(H2,15,20)(H2,16,17,18,21). The lowest BCUT2D eigenvalue weighted by Gasteiger charge is -2.11. The van der Waals surface area contributed by atoms with Gasteiger partial charge in [0.05, 0.1) is 5.69 Å². The molecule has 0 aliphatic carbocycles. The van der Waals surface area contributed by atoms with E-state index in [0.29, 0.717) is 11.3 Å². The molecule has 1 aromatic heterocycles. The summed E-state index contributed by atoms with van der Waals surface area (Å²) in [5, 5.41) is 14.7. The Labute approximate surface area is 120 Å². The highest BCUT2D eigenvalue weighted by Crippen LogP contribution is 2.26. The molecule has 0 unspecified atom stereocenters. The molecule has 0 saturated carbocycles. The number of nitrogens with zero attached hydrogens (tertiary/aromatic N) is 1. The smallest absolute Gasteiger partial charge is 0.324 e. The first-order valence-electron chi connectivity index (χ1n) is 6.10. The Bertz CT molecular complexity index is 680. The van der Waals surface area contributed by atoms with Gasteiger partial charge in [0, 0.05) is 11.8 Å². The molecule has 3 amide bonds. The van der Waals surface area contributed by atoms with Gasteiger partial charge in [0.1, 0.15) is 11.6 Å². The zero-order chi connectivity index (χ0) is 15.4. The summed E-state index contributed by atoms with van der Waals surface area (Å²) < 4.78 is 0. The Kier molecular flexibility index (Phi) is 4.03. The van der Waals surface area contributed by atoms with Crippen molar-refractivity contribution in [3.8, 4) is 5.75 Å². The van der Waals surface area contributed by atoms with E-state index in [0.717, 1.165) is 0 Å². The summed E-state index contributed by atoms with van der Waals surface area (Å²) >= 11 is 0. The lowest BCUT2D eigenvalue weighted by Crippen LogP contribution is -2.21. The molecule has 5 N–H and O–H groups in total. The van der Waals surface area contributed by atoms with E-state index < -0.39 is 11.9 Å². The molecule has 0 atom stereocenters. The number of urea groups is 1. The summed E-state index contributed by atoms with van der Waals surface area (Å²) in [5.74, 6) is -0.474. The van der Waals surface area contributed by atoms with Crippen LogP contribution in [0.2, 0.25) is 0 Å². The van der Waals surface area contributed by atoms with Crippen molar-refractivity contribution in [1.29, 1.82) is 0 Å². The fraction of sp³-hybridized carbons (Fsp3) is 0.0714. The number of aromatic hydroxyl groups is 1. The van der Waals surface area contributed by atoms with Crippen molar-refractivity contribution in [2.45, 2.75) is 6.92 Å². The number of pyridine rings is 1. The van der Waals surface area contributed by atoms with Crippen LogP contribution in [0.1, 0.15) is 15.9 Å². The molecule has 0 bridgehead atoms. The van der Waals surface area contributed by atoms with E-state index in [1.165, 1.54) is 24.4 Å². The van der Waals surface area contributed by atoms with Crippen LogP contribution in [-0.4, -0.2) is 22.0 Å². The number of hydrogen-bond donors (Lipinski definition) is 4.